The number of aryl methyl sites for hydroxylation is 2. The molecule has 0 aliphatic carbocycles. The number of alkyl halides is 1. The lowest BCUT2D eigenvalue weighted by atomic mass is 10.2. The summed E-state index contributed by atoms with van der Waals surface area (Å²) >= 11 is 6.05. The lowest BCUT2D eigenvalue weighted by Gasteiger charge is -2.21. The molecule has 0 spiro atoms. The monoisotopic (exact) mass is 293 g/mol. The van der Waals surface area contributed by atoms with Gasteiger partial charge in [-0.3, -0.25) is 0 Å². The Morgan fingerprint density at radius 3 is 2.75 bits per heavy atom. The van der Waals surface area contributed by atoms with Gasteiger partial charge in [-0.1, -0.05) is 12.1 Å². The highest BCUT2D eigenvalue weighted by molar-refractivity contribution is 6.16. The number of rotatable bonds is 6. The van der Waals surface area contributed by atoms with Crippen LogP contribution in [-0.2, 0) is 12.4 Å². The maximum atomic E-state index is 6.05. The maximum absolute atomic E-state index is 6.05. The number of aromatic nitrogens is 2. The van der Waals surface area contributed by atoms with E-state index in [0.29, 0.717) is 11.9 Å². The van der Waals surface area contributed by atoms with Crippen molar-refractivity contribution in [3.63, 3.8) is 0 Å². The predicted molar refractivity (Wildman–Crippen MR) is 86.4 cm³/mol. The highest BCUT2D eigenvalue weighted by Crippen LogP contribution is 2.21. The van der Waals surface area contributed by atoms with Gasteiger partial charge >= 0.3 is 0 Å². The summed E-state index contributed by atoms with van der Waals surface area (Å²) in [5.74, 6) is 1.44. The SMILES string of the molecule is Cc1cccc2c1nc(CCl)n2CCCN(C)C(C)C. The second-order valence-electron chi connectivity index (χ2n) is 5.68. The van der Waals surface area contributed by atoms with Crippen LogP contribution in [0, 0.1) is 6.92 Å². The lowest BCUT2D eigenvalue weighted by molar-refractivity contribution is 0.265. The first-order chi connectivity index (χ1) is 9.54. The van der Waals surface area contributed by atoms with E-state index in [9.17, 15) is 0 Å². The zero-order valence-corrected chi connectivity index (χ0v) is 13.6. The first-order valence-electron chi connectivity index (χ1n) is 7.25. The first-order valence-corrected chi connectivity index (χ1v) is 7.79. The fraction of sp³-hybridized carbons (Fsp3) is 0.562. The maximum Gasteiger partial charge on any atom is 0.124 e. The van der Waals surface area contributed by atoms with Gasteiger partial charge in [0.25, 0.3) is 0 Å². The average Bonchev–Trinajstić information content (AvgIpc) is 2.78. The molecule has 0 aliphatic rings. The molecule has 0 saturated heterocycles. The number of para-hydroxylation sites is 1. The number of hydrogen-bond acceptors (Lipinski definition) is 2. The highest BCUT2D eigenvalue weighted by Gasteiger charge is 2.11. The minimum absolute atomic E-state index is 0.466. The Balaban J connectivity index is 2.18. The van der Waals surface area contributed by atoms with Crippen molar-refractivity contribution in [2.45, 2.75) is 45.7 Å². The van der Waals surface area contributed by atoms with Crippen molar-refractivity contribution in [1.82, 2.24) is 14.5 Å². The summed E-state index contributed by atoms with van der Waals surface area (Å²) < 4.78 is 2.27. The third kappa shape index (κ3) is 3.15. The van der Waals surface area contributed by atoms with E-state index in [4.69, 9.17) is 11.6 Å². The number of benzene rings is 1. The Morgan fingerprint density at radius 2 is 2.10 bits per heavy atom. The highest BCUT2D eigenvalue weighted by atomic mass is 35.5. The van der Waals surface area contributed by atoms with Crippen LogP contribution in [-0.4, -0.2) is 34.1 Å². The standard InChI is InChI=1S/C16H24ClN3/c1-12(2)19(4)9-6-10-20-14-8-5-7-13(3)16(14)18-15(20)11-17/h5,7-8,12H,6,9-11H2,1-4H3. The molecule has 0 atom stereocenters. The van der Waals surface area contributed by atoms with Crippen molar-refractivity contribution in [3.8, 4) is 0 Å². The lowest BCUT2D eigenvalue weighted by Crippen LogP contribution is -2.28. The van der Waals surface area contributed by atoms with Crippen molar-refractivity contribution < 1.29 is 0 Å². The molecule has 3 nitrogen and oxygen atoms in total. The molecular weight excluding hydrogens is 270 g/mol. The van der Waals surface area contributed by atoms with E-state index in [0.717, 1.165) is 30.9 Å². The minimum Gasteiger partial charge on any atom is -0.327 e. The van der Waals surface area contributed by atoms with Crippen LogP contribution in [0.15, 0.2) is 18.2 Å². The summed E-state index contributed by atoms with van der Waals surface area (Å²) in [6, 6.07) is 6.92. The Labute approximate surface area is 126 Å². The largest absolute Gasteiger partial charge is 0.327 e. The van der Waals surface area contributed by atoms with Crippen molar-refractivity contribution in [2.75, 3.05) is 13.6 Å². The molecule has 1 heterocycles. The third-order valence-corrected chi connectivity index (χ3v) is 4.19. The molecule has 0 bridgehead atoms. The van der Waals surface area contributed by atoms with Gasteiger partial charge in [0.2, 0.25) is 0 Å². The van der Waals surface area contributed by atoms with E-state index in [2.05, 4.69) is 60.5 Å². The summed E-state index contributed by atoms with van der Waals surface area (Å²) in [4.78, 5) is 7.05. The van der Waals surface area contributed by atoms with Gasteiger partial charge in [0.1, 0.15) is 5.82 Å². The van der Waals surface area contributed by atoms with Crippen LogP contribution in [0.5, 0.6) is 0 Å². The average molecular weight is 294 g/mol. The number of fused-ring (bicyclic) bond motifs is 1. The van der Waals surface area contributed by atoms with Crippen LogP contribution < -0.4 is 0 Å². The van der Waals surface area contributed by atoms with E-state index in [1.54, 1.807) is 0 Å². The molecule has 0 unspecified atom stereocenters. The van der Waals surface area contributed by atoms with E-state index < -0.39 is 0 Å². The normalized spacial score (nSPS) is 11.9. The van der Waals surface area contributed by atoms with Crippen LogP contribution in [0.3, 0.4) is 0 Å². The van der Waals surface area contributed by atoms with Crippen molar-refractivity contribution in [2.24, 2.45) is 0 Å². The van der Waals surface area contributed by atoms with Gasteiger partial charge in [-0.05, 0) is 52.4 Å². The molecular formula is C16H24ClN3. The van der Waals surface area contributed by atoms with Gasteiger partial charge in [0.15, 0.2) is 0 Å². The Morgan fingerprint density at radius 1 is 1.35 bits per heavy atom. The van der Waals surface area contributed by atoms with Gasteiger partial charge in [0, 0.05) is 12.6 Å². The van der Waals surface area contributed by atoms with Crippen molar-refractivity contribution in [1.29, 1.82) is 0 Å². The Kier molecular flexibility index (Phi) is 5.06. The Bertz CT molecular complexity index is 574. The summed E-state index contributed by atoms with van der Waals surface area (Å²) in [7, 11) is 2.17. The quantitative estimate of drug-likeness (QED) is 0.755. The third-order valence-electron chi connectivity index (χ3n) is 3.95. The van der Waals surface area contributed by atoms with E-state index >= 15 is 0 Å². The number of hydrogen-bond donors (Lipinski definition) is 0. The van der Waals surface area contributed by atoms with Crippen molar-refractivity contribution >= 4 is 22.6 Å². The molecule has 4 heteroatoms. The molecule has 0 radical (unpaired) electrons. The smallest absolute Gasteiger partial charge is 0.124 e. The zero-order chi connectivity index (χ0) is 14.7. The van der Waals surface area contributed by atoms with E-state index in [1.807, 2.05) is 0 Å². The molecule has 0 saturated carbocycles. The first kappa shape index (κ1) is 15.3. The van der Waals surface area contributed by atoms with Gasteiger partial charge in [0.05, 0.1) is 16.9 Å². The summed E-state index contributed by atoms with van der Waals surface area (Å²) in [5.41, 5.74) is 3.50. The number of halogens is 1. The minimum atomic E-state index is 0.466. The topological polar surface area (TPSA) is 21.1 Å². The van der Waals surface area contributed by atoms with Crippen LogP contribution in [0.4, 0.5) is 0 Å². The summed E-state index contributed by atoms with van der Waals surface area (Å²) in [6.07, 6.45) is 1.11. The second kappa shape index (κ2) is 6.59. The van der Waals surface area contributed by atoms with E-state index in [-0.39, 0.29) is 0 Å². The van der Waals surface area contributed by atoms with Crippen LogP contribution in [0.1, 0.15) is 31.7 Å². The summed E-state index contributed by atoms with van der Waals surface area (Å²) in [5, 5.41) is 0. The molecule has 1 aromatic carbocycles. The molecule has 2 rings (SSSR count). The molecule has 0 N–H and O–H groups in total. The predicted octanol–water partition coefficient (Wildman–Crippen LogP) is 3.81. The molecule has 0 aliphatic heterocycles. The van der Waals surface area contributed by atoms with Gasteiger partial charge in [-0.2, -0.15) is 0 Å². The van der Waals surface area contributed by atoms with Crippen LogP contribution >= 0.6 is 11.6 Å². The zero-order valence-electron chi connectivity index (χ0n) is 12.9. The second-order valence-corrected chi connectivity index (χ2v) is 5.95. The summed E-state index contributed by atoms with van der Waals surface area (Å²) in [6.45, 7) is 8.61. The fourth-order valence-electron chi connectivity index (χ4n) is 2.42. The van der Waals surface area contributed by atoms with Gasteiger partial charge < -0.3 is 9.47 Å². The molecule has 0 amide bonds. The molecule has 20 heavy (non-hydrogen) atoms. The molecule has 0 fully saturated rings. The molecule has 1 aromatic heterocycles. The number of imidazole rings is 1. The van der Waals surface area contributed by atoms with Gasteiger partial charge in [-0.15, -0.1) is 11.6 Å². The Hall–Kier alpha value is -1.06. The van der Waals surface area contributed by atoms with E-state index in [1.165, 1.54) is 11.1 Å². The van der Waals surface area contributed by atoms with Crippen LogP contribution in [0.2, 0.25) is 0 Å². The fourth-order valence-corrected chi connectivity index (χ4v) is 2.63. The van der Waals surface area contributed by atoms with Crippen LogP contribution in [0.25, 0.3) is 11.0 Å². The van der Waals surface area contributed by atoms with Crippen molar-refractivity contribution in [3.05, 3.63) is 29.6 Å². The number of nitrogens with zero attached hydrogens (tertiary/aromatic N) is 3. The molecule has 110 valence electrons. The van der Waals surface area contributed by atoms with Gasteiger partial charge in [-0.25, -0.2) is 4.98 Å². The molecule has 2 aromatic rings.